The highest BCUT2D eigenvalue weighted by atomic mass is 32.2. The van der Waals surface area contributed by atoms with Crippen LogP contribution < -0.4 is 5.32 Å². The summed E-state index contributed by atoms with van der Waals surface area (Å²) in [5.74, 6) is -0.979. The van der Waals surface area contributed by atoms with Gasteiger partial charge in [0.05, 0.1) is 0 Å². The molecule has 1 rings (SSSR count). The molecule has 0 radical (unpaired) electrons. The Morgan fingerprint density at radius 3 is 2.60 bits per heavy atom. The Labute approximate surface area is 91.0 Å². The van der Waals surface area contributed by atoms with Crippen LogP contribution in [-0.2, 0) is 15.9 Å². The molecule has 0 aliphatic rings. The van der Waals surface area contributed by atoms with Crippen molar-refractivity contribution in [1.29, 1.82) is 0 Å². The molecule has 1 aromatic carbocycles. The number of carbonyl (C=O) groups is 1. The lowest BCUT2D eigenvalue weighted by molar-refractivity contribution is -0.118. The van der Waals surface area contributed by atoms with Crippen molar-refractivity contribution in [3.63, 3.8) is 0 Å². The second kappa shape index (κ2) is 5.63. The van der Waals surface area contributed by atoms with Crippen molar-refractivity contribution < 1.29 is 13.6 Å². The minimum Gasteiger partial charge on any atom is -0.772 e. The lowest BCUT2D eigenvalue weighted by Gasteiger charge is -2.13. The van der Waals surface area contributed by atoms with Gasteiger partial charge in [-0.1, -0.05) is 36.2 Å². The molecule has 0 saturated heterocycles. The molecule has 0 heterocycles. The highest BCUT2D eigenvalue weighted by Gasteiger charge is 2.12. The number of rotatable bonds is 4. The zero-order valence-corrected chi connectivity index (χ0v) is 9.12. The van der Waals surface area contributed by atoms with Crippen LogP contribution in [0.2, 0.25) is 0 Å². The smallest absolute Gasteiger partial charge is 0.228 e. The van der Waals surface area contributed by atoms with Gasteiger partial charge in [-0.2, -0.15) is 0 Å². The quantitative estimate of drug-likeness (QED) is 0.783. The van der Waals surface area contributed by atoms with Crippen LogP contribution in [0.3, 0.4) is 0 Å². The molecular formula is C10H12NO3S-. The average Bonchev–Trinajstić information content (AvgIpc) is 2.18. The summed E-state index contributed by atoms with van der Waals surface area (Å²) in [6, 6.07) is 8.93. The van der Waals surface area contributed by atoms with Crippen molar-refractivity contribution in [1.82, 2.24) is 0 Å². The molecule has 4 nitrogen and oxygen atoms in total. The van der Waals surface area contributed by atoms with E-state index >= 15 is 0 Å². The lowest BCUT2D eigenvalue weighted by atomic mass is 10.2. The van der Waals surface area contributed by atoms with Gasteiger partial charge >= 0.3 is 0 Å². The van der Waals surface area contributed by atoms with Crippen LogP contribution in [0.4, 0.5) is 5.69 Å². The summed E-state index contributed by atoms with van der Waals surface area (Å²) in [6.07, 6.45) is 0. The third-order valence-corrected chi connectivity index (χ3v) is 2.65. The molecule has 5 heteroatoms. The summed E-state index contributed by atoms with van der Waals surface area (Å²) >= 11 is -2.19. The number of hydrogen-bond donors (Lipinski definition) is 1. The number of benzene rings is 1. The summed E-state index contributed by atoms with van der Waals surface area (Å²) in [6.45, 7) is 1.58. The van der Waals surface area contributed by atoms with Crippen molar-refractivity contribution in [3.05, 3.63) is 30.3 Å². The second-order valence-electron chi connectivity index (χ2n) is 3.23. The zero-order chi connectivity index (χ0) is 11.3. The molecule has 0 saturated carbocycles. The van der Waals surface area contributed by atoms with Crippen molar-refractivity contribution in [2.24, 2.45) is 5.92 Å². The predicted octanol–water partition coefficient (Wildman–Crippen LogP) is 1.14. The van der Waals surface area contributed by atoms with E-state index in [1.165, 1.54) is 0 Å². The fraction of sp³-hybridized carbons (Fsp3) is 0.300. The molecule has 0 aliphatic carbocycles. The van der Waals surface area contributed by atoms with Gasteiger partial charge in [0.2, 0.25) is 5.91 Å². The highest BCUT2D eigenvalue weighted by molar-refractivity contribution is 7.79. The van der Waals surface area contributed by atoms with Crippen molar-refractivity contribution in [3.8, 4) is 0 Å². The number of amides is 1. The minimum atomic E-state index is -2.19. The largest absolute Gasteiger partial charge is 0.772 e. The average molecular weight is 226 g/mol. The molecule has 0 aromatic heterocycles. The van der Waals surface area contributed by atoms with Crippen LogP contribution in [0.5, 0.6) is 0 Å². The molecule has 1 aromatic rings. The topological polar surface area (TPSA) is 69.2 Å². The lowest BCUT2D eigenvalue weighted by Crippen LogP contribution is -2.24. The van der Waals surface area contributed by atoms with Gasteiger partial charge in [0.25, 0.3) is 0 Å². The predicted molar refractivity (Wildman–Crippen MR) is 58.0 cm³/mol. The molecule has 0 spiro atoms. The zero-order valence-electron chi connectivity index (χ0n) is 8.30. The first-order chi connectivity index (χ1) is 7.09. The highest BCUT2D eigenvalue weighted by Crippen LogP contribution is 2.08. The van der Waals surface area contributed by atoms with Crippen LogP contribution in [0.15, 0.2) is 30.3 Å². The Kier molecular flexibility index (Phi) is 4.45. The van der Waals surface area contributed by atoms with E-state index in [0.29, 0.717) is 5.69 Å². The van der Waals surface area contributed by atoms with Crippen molar-refractivity contribution in [2.75, 3.05) is 11.1 Å². The Balaban J connectivity index is 2.52. The maximum absolute atomic E-state index is 11.5. The molecule has 0 aliphatic heterocycles. The summed E-state index contributed by atoms with van der Waals surface area (Å²) < 4.78 is 20.8. The Morgan fingerprint density at radius 1 is 1.47 bits per heavy atom. The summed E-state index contributed by atoms with van der Waals surface area (Å²) in [4.78, 5) is 11.5. The Bertz CT molecular complexity index is 353. The number of nitrogens with one attached hydrogen (secondary N) is 1. The number of para-hydroxylation sites is 1. The number of anilines is 1. The summed E-state index contributed by atoms with van der Waals surface area (Å²) in [5, 5.41) is 2.63. The van der Waals surface area contributed by atoms with Gasteiger partial charge in [-0.3, -0.25) is 9.00 Å². The molecule has 0 bridgehead atoms. The van der Waals surface area contributed by atoms with E-state index in [0.717, 1.165) is 0 Å². The van der Waals surface area contributed by atoms with Crippen LogP contribution >= 0.6 is 0 Å². The van der Waals surface area contributed by atoms with Gasteiger partial charge in [-0.25, -0.2) is 0 Å². The molecule has 2 unspecified atom stereocenters. The fourth-order valence-electron chi connectivity index (χ4n) is 1.07. The van der Waals surface area contributed by atoms with E-state index in [1.54, 1.807) is 31.2 Å². The molecule has 1 amide bonds. The van der Waals surface area contributed by atoms with Crippen molar-refractivity contribution >= 4 is 22.7 Å². The van der Waals surface area contributed by atoms with E-state index < -0.39 is 17.0 Å². The maximum Gasteiger partial charge on any atom is 0.228 e. The van der Waals surface area contributed by atoms with E-state index in [4.69, 9.17) is 0 Å². The number of hydrogen-bond acceptors (Lipinski definition) is 3. The number of carbonyl (C=O) groups excluding carboxylic acids is 1. The Hall–Kier alpha value is -1.20. The van der Waals surface area contributed by atoms with Crippen LogP contribution in [0, 0.1) is 5.92 Å². The first kappa shape index (κ1) is 11.9. The standard InChI is InChI=1S/C10H13NO3S/c1-8(7-15(13)14)10(12)11-9-5-3-2-4-6-9/h2-6,8H,7H2,1H3,(H,11,12)(H,13,14)/p-1. The molecular weight excluding hydrogens is 214 g/mol. The van der Waals surface area contributed by atoms with Crippen LogP contribution in [0.1, 0.15) is 6.92 Å². The summed E-state index contributed by atoms with van der Waals surface area (Å²) in [5.41, 5.74) is 0.672. The van der Waals surface area contributed by atoms with E-state index in [-0.39, 0.29) is 11.7 Å². The maximum atomic E-state index is 11.5. The van der Waals surface area contributed by atoms with Gasteiger partial charge in [0.1, 0.15) is 0 Å². The fourth-order valence-corrected chi connectivity index (χ4v) is 1.63. The molecule has 82 valence electrons. The van der Waals surface area contributed by atoms with E-state index in [9.17, 15) is 13.6 Å². The monoisotopic (exact) mass is 226 g/mol. The van der Waals surface area contributed by atoms with Gasteiger partial charge in [0.15, 0.2) is 0 Å². The molecule has 0 fully saturated rings. The van der Waals surface area contributed by atoms with E-state index in [1.807, 2.05) is 6.07 Å². The Morgan fingerprint density at radius 2 is 2.07 bits per heavy atom. The first-order valence-electron chi connectivity index (χ1n) is 4.51. The minimum absolute atomic E-state index is 0.154. The summed E-state index contributed by atoms with van der Waals surface area (Å²) in [7, 11) is 0. The second-order valence-corrected chi connectivity index (χ2v) is 4.17. The van der Waals surface area contributed by atoms with Gasteiger partial charge in [-0.15, -0.1) is 0 Å². The van der Waals surface area contributed by atoms with Crippen molar-refractivity contribution in [2.45, 2.75) is 6.92 Å². The third-order valence-electron chi connectivity index (χ3n) is 1.87. The molecule has 15 heavy (non-hydrogen) atoms. The van der Waals surface area contributed by atoms with Gasteiger partial charge < -0.3 is 9.87 Å². The molecule has 2 atom stereocenters. The third kappa shape index (κ3) is 4.22. The van der Waals surface area contributed by atoms with Crippen LogP contribution in [-0.4, -0.2) is 20.4 Å². The molecule has 1 N–H and O–H groups in total. The van der Waals surface area contributed by atoms with Crippen LogP contribution in [0.25, 0.3) is 0 Å². The van der Waals surface area contributed by atoms with Gasteiger partial charge in [0, 0.05) is 17.4 Å². The SMILES string of the molecule is CC(CS(=O)[O-])C(=O)Nc1ccccc1. The normalized spacial score (nSPS) is 14.3. The first-order valence-corrected chi connectivity index (χ1v) is 5.76. The van der Waals surface area contributed by atoms with E-state index in [2.05, 4.69) is 5.32 Å². The van der Waals surface area contributed by atoms with Gasteiger partial charge in [-0.05, 0) is 12.1 Å².